The van der Waals surface area contributed by atoms with Crippen molar-refractivity contribution in [3.8, 4) is 11.5 Å². The number of carbonyl (C=O) groups excluding carboxylic acids is 3. The Labute approximate surface area is 226 Å². The maximum atomic E-state index is 12.5. The minimum absolute atomic E-state index is 0.141. The van der Waals surface area contributed by atoms with E-state index >= 15 is 0 Å². The van der Waals surface area contributed by atoms with Gasteiger partial charge in [0.05, 0.1) is 19.2 Å². The minimum atomic E-state index is -0.413. The van der Waals surface area contributed by atoms with Gasteiger partial charge in [0.2, 0.25) is 0 Å². The van der Waals surface area contributed by atoms with Crippen LogP contribution in [0.25, 0.3) is 0 Å². The fourth-order valence-electron chi connectivity index (χ4n) is 3.61. The van der Waals surface area contributed by atoms with Gasteiger partial charge >= 0.3 is 5.97 Å². The molecule has 8 nitrogen and oxygen atoms in total. The fraction of sp³-hybridized carbons (Fsp3) is 0.0968. The van der Waals surface area contributed by atoms with E-state index in [2.05, 4.69) is 15.8 Å². The van der Waals surface area contributed by atoms with E-state index < -0.39 is 11.9 Å². The number of amides is 2. The van der Waals surface area contributed by atoms with Crippen molar-refractivity contribution in [2.24, 2.45) is 5.10 Å². The van der Waals surface area contributed by atoms with E-state index in [-0.39, 0.29) is 12.3 Å². The van der Waals surface area contributed by atoms with Gasteiger partial charge in [0.25, 0.3) is 11.8 Å². The van der Waals surface area contributed by atoms with Crippen LogP contribution in [-0.4, -0.2) is 30.6 Å². The number of esters is 1. The number of hydrogen-bond donors (Lipinski definition) is 2. The summed E-state index contributed by atoms with van der Waals surface area (Å²) in [5.74, 6) is -0.355. The molecule has 0 fully saturated rings. The number of anilines is 1. The predicted molar refractivity (Wildman–Crippen MR) is 149 cm³/mol. The molecule has 0 radical (unpaired) electrons. The van der Waals surface area contributed by atoms with Gasteiger partial charge in [-0.2, -0.15) is 5.10 Å². The standard InChI is InChI=1S/C31H27N3O5/c1-2-38-28-19-23(13-18-27(28)39-29(35)20-22-9-5-3-6-10-22)21-32-34-31(37)25-14-16-26(17-15-25)33-30(36)24-11-7-4-8-12-24/h3-19,21H,2,20H2,1H3,(H,33,36)(H,34,37)/b32-21-. The lowest BCUT2D eigenvalue weighted by Gasteiger charge is -2.11. The number of benzene rings is 4. The van der Waals surface area contributed by atoms with Gasteiger partial charge in [-0.1, -0.05) is 48.5 Å². The quantitative estimate of drug-likeness (QED) is 0.128. The lowest BCUT2D eigenvalue weighted by atomic mass is 10.1. The highest BCUT2D eigenvalue weighted by Gasteiger charge is 2.12. The first kappa shape index (κ1) is 26.8. The lowest BCUT2D eigenvalue weighted by molar-refractivity contribution is -0.133. The third-order valence-corrected chi connectivity index (χ3v) is 5.50. The van der Waals surface area contributed by atoms with E-state index in [4.69, 9.17) is 9.47 Å². The van der Waals surface area contributed by atoms with E-state index in [1.165, 1.54) is 6.21 Å². The van der Waals surface area contributed by atoms with Crippen molar-refractivity contribution in [1.29, 1.82) is 0 Å². The van der Waals surface area contributed by atoms with Crippen molar-refractivity contribution in [3.05, 3.63) is 125 Å². The van der Waals surface area contributed by atoms with Gasteiger partial charge < -0.3 is 14.8 Å². The second-order valence-electron chi connectivity index (χ2n) is 8.37. The van der Waals surface area contributed by atoms with Crippen molar-refractivity contribution in [1.82, 2.24) is 5.43 Å². The Morgan fingerprint density at radius 1 is 0.769 bits per heavy atom. The van der Waals surface area contributed by atoms with Gasteiger partial charge in [-0.25, -0.2) is 5.43 Å². The number of nitrogens with one attached hydrogen (secondary N) is 2. The zero-order valence-corrected chi connectivity index (χ0v) is 21.3. The number of hydrazone groups is 1. The zero-order chi connectivity index (χ0) is 27.5. The molecule has 0 atom stereocenters. The smallest absolute Gasteiger partial charge is 0.315 e. The van der Waals surface area contributed by atoms with Crippen LogP contribution < -0.4 is 20.2 Å². The molecule has 0 heterocycles. The second kappa shape index (κ2) is 13.3. The van der Waals surface area contributed by atoms with Crippen LogP contribution in [0.2, 0.25) is 0 Å². The average molecular weight is 522 g/mol. The molecule has 0 aliphatic heterocycles. The Hall–Kier alpha value is -5.24. The number of hydrogen-bond acceptors (Lipinski definition) is 6. The van der Waals surface area contributed by atoms with Gasteiger partial charge in [-0.3, -0.25) is 14.4 Å². The third kappa shape index (κ3) is 7.87. The fourth-order valence-corrected chi connectivity index (χ4v) is 3.61. The summed E-state index contributed by atoms with van der Waals surface area (Å²) in [6, 6.07) is 29.7. The summed E-state index contributed by atoms with van der Waals surface area (Å²) in [6.45, 7) is 2.21. The van der Waals surface area contributed by atoms with Crippen molar-refractivity contribution in [2.45, 2.75) is 13.3 Å². The van der Waals surface area contributed by atoms with E-state index in [1.807, 2.05) is 43.3 Å². The Morgan fingerprint density at radius 3 is 2.13 bits per heavy atom. The highest BCUT2D eigenvalue weighted by Crippen LogP contribution is 2.28. The lowest BCUT2D eigenvalue weighted by Crippen LogP contribution is -2.18. The molecule has 39 heavy (non-hydrogen) atoms. The van der Waals surface area contributed by atoms with Crippen LogP contribution in [0.15, 0.2) is 108 Å². The van der Waals surface area contributed by atoms with Gasteiger partial charge in [0.1, 0.15) is 0 Å². The van der Waals surface area contributed by atoms with Crippen molar-refractivity contribution in [3.63, 3.8) is 0 Å². The topological polar surface area (TPSA) is 106 Å². The summed E-state index contributed by atoms with van der Waals surface area (Å²) in [4.78, 5) is 37.1. The van der Waals surface area contributed by atoms with Crippen molar-refractivity contribution < 1.29 is 23.9 Å². The molecule has 4 aromatic carbocycles. The summed E-state index contributed by atoms with van der Waals surface area (Å²) in [5.41, 5.74) is 5.45. The van der Waals surface area contributed by atoms with E-state index in [0.717, 1.165) is 5.56 Å². The number of nitrogens with zero attached hydrogens (tertiary/aromatic N) is 1. The van der Waals surface area contributed by atoms with Crippen LogP contribution in [0, 0.1) is 0 Å². The molecular weight excluding hydrogens is 494 g/mol. The van der Waals surface area contributed by atoms with E-state index in [0.29, 0.717) is 40.5 Å². The predicted octanol–water partition coefficient (Wildman–Crippen LogP) is 5.25. The first-order chi connectivity index (χ1) is 19.0. The molecule has 2 N–H and O–H groups in total. The average Bonchev–Trinajstić information content (AvgIpc) is 2.96. The summed E-state index contributed by atoms with van der Waals surface area (Å²) in [6.07, 6.45) is 1.60. The summed E-state index contributed by atoms with van der Waals surface area (Å²) < 4.78 is 11.1. The molecule has 4 aromatic rings. The van der Waals surface area contributed by atoms with Gasteiger partial charge in [0, 0.05) is 16.8 Å². The monoisotopic (exact) mass is 521 g/mol. The highest BCUT2D eigenvalue weighted by molar-refractivity contribution is 6.04. The molecule has 0 saturated heterocycles. The SMILES string of the molecule is CCOc1cc(/C=N\NC(=O)c2ccc(NC(=O)c3ccccc3)cc2)ccc1OC(=O)Cc1ccccc1. The van der Waals surface area contributed by atoms with Gasteiger partial charge in [-0.05, 0) is 72.6 Å². The molecule has 0 aromatic heterocycles. The van der Waals surface area contributed by atoms with Crippen molar-refractivity contribution >= 4 is 29.7 Å². The Morgan fingerprint density at radius 2 is 1.44 bits per heavy atom. The molecule has 196 valence electrons. The number of ether oxygens (including phenoxy) is 2. The normalized spacial score (nSPS) is 10.6. The van der Waals surface area contributed by atoms with Crippen LogP contribution in [0.4, 0.5) is 5.69 Å². The maximum Gasteiger partial charge on any atom is 0.315 e. The van der Waals surface area contributed by atoms with Gasteiger partial charge in [-0.15, -0.1) is 0 Å². The Bertz CT molecular complexity index is 1450. The third-order valence-electron chi connectivity index (χ3n) is 5.50. The highest BCUT2D eigenvalue weighted by atomic mass is 16.6. The van der Waals surface area contributed by atoms with Crippen LogP contribution >= 0.6 is 0 Å². The summed E-state index contributed by atoms with van der Waals surface area (Å²) in [7, 11) is 0. The minimum Gasteiger partial charge on any atom is -0.490 e. The second-order valence-corrected chi connectivity index (χ2v) is 8.37. The molecule has 0 saturated carbocycles. The first-order valence-electron chi connectivity index (χ1n) is 12.3. The Kier molecular flexibility index (Phi) is 9.18. The van der Waals surface area contributed by atoms with Crippen LogP contribution in [0.5, 0.6) is 11.5 Å². The number of carbonyl (C=O) groups is 3. The molecule has 4 rings (SSSR count). The molecule has 8 heteroatoms. The molecule has 2 amide bonds. The van der Waals surface area contributed by atoms with Crippen LogP contribution in [-0.2, 0) is 11.2 Å². The van der Waals surface area contributed by atoms with Crippen LogP contribution in [0.1, 0.15) is 38.8 Å². The maximum absolute atomic E-state index is 12.5. The number of rotatable bonds is 10. The molecular formula is C31H27N3O5. The summed E-state index contributed by atoms with van der Waals surface area (Å²) in [5, 5.41) is 6.81. The molecule has 0 aliphatic rings. The Balaban J connectivity index is 1.33. The summed E-state index contributed by atoms with van der Waals surface area (Å²) >= 11 is 0. The molecule has 0 unspecified atom stereocenters. The van der Waals surface area contributed by atoms with Crippen molar-refractivity contribution in [2.75, 3.05) is 11.9 Å². The molecule has 0 aliphatic carbocycles. The largest absolute Gasteiger partial charge is 0.490 e. The van der Waals surface area contributed by atoms with Gasteiger partial charge in [0.15, 0.2) is 11.5 Å². The van der Waals surface area contributed by atoms with Crippen LogP contribution in [0.3, 0.4) is 0 Å². The van der Waals surface area contributed by atoms with E-state index in [9.17, 15) is 14.4 Å². The molecule has 0 bridgehead atoms. The van der Waals surface area contributed by atoms with E-state index in [1.54, 1.807) is 66.7 Å². The zero-order valence-electron chi connectivity index (χ0n) is 21.3. The molecule has 0 spiro atoms. The first-order valence-corrected chi connectivity index (χ1v) is 12.3.